The van der Waals surface area contributed by atoms with Crippen molar-refractivity contribution in [3.63, 3.8) is 0 Å². The molecule has 0 aromatic carbocycles. The molecule has 1 saturated heterocycles. The molecule has 0 amide bonds. The van der Waals surface area contributed by atoms with Crippen LogP contribution in [0.5, 0.6) is 0 Å². The number of aliphatic hydroxyl groups is 4. The topological polar surface area (TPSA) is 269 Å². The maximum absolute atomic E-state index is 13.0. The summed E-state index contributed by atoms with van der Waals surface area (Å²) in [5, 5.41) is 41.3. The van der Waals surface area contributed by atoms with Gasteiger partial charge in [0, 0.05) is 12.8 Å². The molecule has 2 rings (SSSR count). The van der Waals surface area contributed by atoms with Crippen molar-refractivity contribution in [2.75, 3.05) is 13.2 Å². The molecule has 7 unspecified atom stereocenters. The first-order valence-electron chi connectivity index (χ1n) is 24.6. The summed E-state index contributed by atoms with van der Waals surface area (Å²) < 4.78 is 55.1. The van der Waals surface area contributed by atoms with Crippen LogP contribution in [0.15, 0.2) is 72.9 Å². The summed E-state index contributed by atoms with van der Waals surface area (Å²) in [4.78, 5) is 54.4. The minimum Gasteiger partial charge on any atom is -0.462 e. The molecule has 0 aromatic heterocycles. The molecule has 2 aliphatic rings. The standard InChI is InChI=1S/C49H82O17P2/c1-3-5-7-9-11-13-14-15-16-17-18-19-20-22-24-26-32-36-43(51)63-39(38-62-68(59,60)66-49-46(54)44(52)45(53)48(47(49)55)65-67(56,57)58)37-61-42(50)35-31-28-27-30-34-41-40(64-41)33-29-25-23-21-12-10-8-6-4-2/h12,15-16,18-19,21-22,24-25,27,29-30,39-41,44-49,52-55H,3-11,13-14,17,20,23,26,28,31-38H2,1-2H3,(H,59,60)(H2,56,57,58)/b16-15-,19-18-,21-12-,24-22-,29-25-,30-27-/t39-,40?,41?,44?,45?,46?,47?,48-,49+/m1/s1. The van der Waals surface area contributed by atoms with Gasteiger partial charge in [0.05, 0.1) is 18.8 Å². The number of phosphoric ester groups is 2. The minimum atomic E-state index is -5.38. The Morgan fingerprint density at radius 1 is 0.529 bits per heavy atom. The normalized spacial score (nSPS) is 24.8. The predicted molar refractivity (Wildman–Crippen MR) is 259 cm³/mol. The van der Waals surface area contributed by atoms with Crippen LogP contribution in [0.2, 0.25) is 0 Å². The Hall–Kier alpha value is -2.60. The number of ether oxygens (including phenoxy) is 3. The maximum atomic E-state index is 13.0. The molecule has 1 saturated carbocycles. The van der Waals surface area contributed by atoms with Gasteiger partial charge in [0.1, 0.15) is 43.2 Å². The number of carbonyl (C=O) groups excluding carboxylic acids is 2. The smallest absolute Gasteiger partial charge is 0.462 e. The second kappa shape index (κ2) is 36.3. The van der Waals surface area contributed by atoms with Crippen LogP contribution < -0.4 is 0 Å². The molecular weight excluding hydrogens is 922 g/mol. The van der Waals surface area contributed by atoms with Gasteiger partial charge in [-0.05, 0) is 83.5 Å². The monoisotopic (exact) mass is 1000 g/mol. The van der Waals surface area contributed by atoms with E-state index in [1.165, 1.54) is 57.8 Å². The number of esters is 2. The first-order valence-corrected chi connectivity index (χ1v) is 27.6. The average molecular weight is 1010 g/mol. The molecule has 10 atom stereocenters. The lowest BCUT2D eigenvalue weighted by atomic mass is 9.85. The van der Waals surface area contributed by atoms with E-state index in [0.717, 1.165) is 44.9 Å². The molecule has 1 heterocycles. The lowest BCUT2D eigenvalue weighted by molar-refractivity contribution is -0.216. The van der Waals surface area contributed by atoms with Gasteiger partial charge < -0.3 is 49.3 Å². The highest BCUT2D eigenvalue weighted by atomic mass is 31.2. The summed E-state index contributed by atoms with van der Waals surface area (Å²) in [5.74, 6) is -1.35. The number of hydrogen-bond acceptors (Lipinski definition) is 14. The zero-order valence-corrected chi connectivity index (χ0v) is 42.0. The lowest BCUT2D eigenvalue weighted by Crippen LogP contribution is -2.64. The first-order chi connectivity index (χ1) is 32.6. The van der Waals surface area contributed by atoms with Gasteiger partial charge in [-0.25, -0.2) is 9.13 Å². The van der Waals surface area contributed by atoms with Crippen LogP contribution in [0.3, 0.4) is 0 Å². The largest absolute Gasteiger partial charge is 0.472 e. The summed E-state index contributed by atoms with van der Waals surface area (Å²) in [6.45, 7) is 2.97. The Balaban J connectivity index is 1.84. The fraction of sp³-hybridized carbons (Fsp3) is 0.714. The van der Waals surface area contributed by atoms with Crippen molar-refractivity contribution in [2.45, 2.75) is 210 Å². The Morgan fingerprint density at radius 2 is 0.971 bits per heavy atom. The zero-order chi connectivity index (χ0) is 50.0. The predicted octanol–water partition coefficient (Wildman–Crippen LogP) is 8.61. The Bertz CT molecular complexity index is 1660. The number of rotatable bonds is 39. The van der Waals surface area contributed by atoms with Crippen molar-refractivity contribution in [1.82, 2.24) is 0 Å². The summed E-state index contributed by atoms with van der Waals surface area (Å²) >= 11 is 0. The van der Waals surface area contributed by atoms with E-state index in [9.17, 15) is 53.8 Å². The second-order valence-electron chi connectivity index (χ2n) is 17.2. The van der Waals surface area contributed by atoms with Crippen LogP contribution >= 0.6 is 15.6 Å². The summed E-state index contributed by atoms with van der Waals surface area (Å²) in [6, 6.07) is 0. The van der Waals surface area contributed by atoms with Crippen molar-refractivity contribution in [3.05, 3.63) is 72.9 Å². The van der Waals surface area contributed by atoms with E-state index in [4.69, 9.17) is 23.3 Å². The van der Waals surface area contributed by atoms with Gasteiger partial charge in [0.25, 0.3) is 0 Å². The molecule has 0 bridgehead atoms. The van der Waals surface area contributed by atoms with Gasteiger partial charge in [-0.2, -0.15) is 0 Å². The number of unbranched alkanes of at least 4 members (excludes halogenated alkanes) is 11. The third-order valence-corrected chi connectivity index (χ3v) is 12.7. The first kappa shape index (κ1) is 61.5. The van der Waals surface area contributed by atoms with Crippen LogP contribution in [0.25, 0.3) is 0 Å². The van der Waals surface area contributed by atoms with Crippen LogP contribution in [0.1, 0.15) is 155 Å². The van der Waals surface area contributed by atoms with Gasteiger partial charge in [0.15, 0.2) is 6.10 Å². The molecule has 0 aromatic rings. The van der Waals surface area contributed by atoms with Crippen LogP contribution in [-0.2, 0) is 46.5 Å². The number of epoxide rings is 1. The van der Waals surface area contributed by atoms with Crippen LogP contribution in [-0.4, -0.2) is 115 Å². The number of hydrogen-bond donors (Lipinski definition) is 7. The van der Waals surface area contributed by atoms with E-state index >= 15 is 0 Å². The fourth-order valence-corrected chi connectivity index (χ4v) is 8.73. The Kier molecular flexibility index (Phi) is 32.9. The van der Waals surface area contributed by atoms with Gasteiger partial charge in [-0.3, -0.25) is 23.2 Å². The quantitative estimate of drug-likeness (QED) is 0.00998. The third-order valence-electron chi connectivity index (χ3n) is 11.2. The highest BCUT2D eigenvalue weighted by molar-refractivity contribution is 7.47. The van der Waals surface area contributed by atoms with E-state index < -0.39 is 83.5 Å². The average Bonchev–Trinajstić information content (AvgIpc) is 4.05. The number of phosphoric acid groups is 2. The number of allylic oxidation sites excluding steroid dienone is 10. The van der Waals surface area contributed by atoms with Crippen molar-refractivity contribution in [1.29, 1.82) is 0 Å². The highest BCUT2D eigenvalue weighted by Gasteiger charge is 2.54. The van der Waals surface area contributed by atoms with E-state index in [-0.39, 0.29) is 25.0 Å². The SMILES string of the molecule is CCCCC/C=C\C/C=C\CC1OC1C/C=C\CCCC(=O)OC[C@H](COP(=O)(O)O[C@H]1C(O)C(O)C(O)[C@@H](OP(=O)(O)O)C1O)OC(=O)CCC/C=C\C/C=C\C/C=C\CCCCCCCC. The van der Waals surface area contributed by atoms with Gasteiger partial charge in [0.2, 0.25) is 0 Å². The van der Waals surface area contributed by atoms with Crippen molar-refractivity contribution in [2.24, 2.45) is 0 Å². The Morgan fingerprint density at radius 3 is 1.54 bits per heavy atom. The van der Waals surface area contributed by atoms with Gasteiger partial charge in [-0.1, -0.05) is 132 Å². The molecule has 19 heteroatoms. The number of aliphatic hydroxyl groups excluding tert-OH is 4. The van der Waals surface area contributed by atoms with E-state index in [1.807, 2.05) is 24.3 Å². The van der Waals surface area contributed by atoms with E-state index in [2.05, 4.69) is 67.0 Å². The van der Waals surface area contributed by atoms with Crippen LogP contribution in [0, 0.1) is 0 Å². The molecule has 68 heavy (non-hydrogen) atoms. The molecule has 0 radical (unpaired) electrons. The molecular formula is C49H82O17P2. The van der Waals surface area contributed by atoms with Crippen LogP contribution in [0.4, 0.5) is 0 Å². The molecule has 1 aliphatic heterocycles. The van der Waals surface area contributed by atoms with E-state index in [0.29, 0.717) is 25.7 Å². The third kappa shape index (κ3) is 29.6. The van der Waals surface area contributed by atoms with Gasteiger partial charge >= 0.3 is 27.6 Å². The number of carbonyl (C=O) groups is 2. The molecule has 0 spiro atoms. The molecule has 2 fully saturated rings. The molecule has 390 valence electrons. The summed E-state index contributed by atoms with van der Waals surface area (Å²) in [5.41, 5.74) is 0. The van der Waals surface area contributed by atoms with E-state index in [1.54, 1.807) is 0 Å². The highest BCUT2D eigenvalue weighted by Crippen LogP contribution is 2.49. The van der Waals surface area contributed by atoms with Gasteiger partial charge in [-0.15, -0.1) is 0 Å². The minimum absolute atomic E-state index is 0.0226. The fourth-order valence-electron chi connectivity index (χ4n) is 7.19. The zero-order valence-electron chi connectivity index (χ0n) is 40.2. The van der Waals surface area contributed by atoms with Crippen molar-refractivity contribution >= 4 is 27.6 Å². The molecule has 1 aliphatic carbocycles. The summed E-state index contributed by atoms with van der Waals surface area (Å²) in [7, 11) is -10.7. The maximum Gasteiger partial charge on any atom is 0.472 e. The second-order valence-corrected chi connectivity index (χ2v) is 19.8. The molecule has 17 nitrogen and oxygen atoms in total. The van der Waals surface area contributed by atoms with Crippen molar-refractivity contribution < 1.29 is 81.6 Å². The lowest BCUT2D eigenvalue weighted by Gasteiger charge is -2.43. The van der Waals surface area contributed by atoms with Crippen molar-refractivity contribution in [3.8, 4) is 0 Å². The summed E-state index contributed by atoms with van der Waals surface area (Å²) in [6.07, 6.45) is 30.3. The molecule has 7 N–H and O–H groups in total. The Labute approximate surface area is 404 Å².